The molecule has 9 heteroatoms. The number of carbonyl (C=O) groups is 1. The van der Waals surface area contributed by atoms with Crippen molar-refractivity contribution >= 4 is 25.9 Å². The Hall–Kier alpha value is -0.980. The minimum Gasteiger partial charge on any atom is -0.327 e. The van der Waals surface area contributed by atoms with Crippen LogP contribution in [0.2, 0.25) is 0 Å². The maximum atomic E-state index is 12.8. The summed E-state index contributed by atoms with van der Waals surface area (Å²) in [5.41, 5.74) is 6.53. The Morgan fingerprint density at radius 2 is 2.00 bits per heavy atom. The molecule has 6 nitrogen and oxygen atoms in total. The van der Waals surface area contributed by atoms with Crippen LogP contribution in [0.15, 0.2) is 24.3 Å². The molecule has 0 saturated carbocycles. The van der Waals surface area contributed by atoms with Crippen molar-refractivity contribution in [2.45, 2.75) is 31.1 Å². The van der Waals surface area contributed by atoms with Gasteiger partial charge in [-0.2, -0.15) is 0 Å². The van der Waals surface area contributed by atoms with Crippen LogP contribution in [0.1, 0.15) is 18.4 Å². The summed E-state index contributed by atoms with van der Waals surface area (Å²) in [7, 11) is -4.35. The first-order valence-electron chi connectivity index (χ1n) is 6.65. The van der Waals surface area contributed by atoms with Crippen molar-refractivity contribution in [2.75, 3.05) is 6.54 Å². The Morgan fingerprint density at radius 3 is 2.55 bits per heavy atom. The SMILES string of the molecule is Cl.N[C@@H](Cc1ccc(F)cc1)C(=O)N1CCC[C@H]1P(=O)(O)O. The number of benzene rings is 1. The van der Waals surface area contributed by atoms with E-state index in [0.717, 1.165) is 0 Å². The average molecular weight is 353 g/mol. The molecule has 1 saturated heterocycles. The van der Waals surface area contributed by atoms with Crippen LogP contribution in [-0.2, 0) is 15.8 Å². The first kappa shape index (κ1) is 19.1. The lowest BCUT2D eigenvalue weighted by Gasteiger charge is -2.27. The van der Waals surface area contributed by atoms with Gasteiger partial charge in [-0.25, -0.2) is 4.39 Å². The molecule has 1 fully saturated rings. The van der Waals surface area contributed by atoms with Crippen LogP contribution >= 0.6 is 20.0 Å². The Morgan fingerprint density at radius 1 is 1.41 bits per heavy atom. The lowest BCUT2D eigenvalue weighted by molar-refractivity contribution is -0.132. The quantitative estimate of drug-likeness (QED) is 0.707. The molecule has 0 aromatic heterocycles. The lowest BCUT2D eigenvalue weighted by Crippen LogP contribution is -2.46. The molecule has 0 spiro atoms. The molecular formula is C13H19ClFN2O4P. The van der Waals surface area contributed by atoms with Gasteiger partial charge in [0.1, 0.15) is 11.6 Å². The molecule has 1 heterocycles. The van der Waals surface area contributed by atoms with E-state index in [1.165, 1.54) is 29.2 Å². The zero-order valence-corrected chi connectivity index (χ0v) is 13.5. The fourth-order valence-electron chi connectivity index (χ4n) is 2.53. The third kappa shape index (κ3) is 4.51. The van der Waals surface area contributed by atoms with Crippen LogP contribution < -0.4 is 5.73 Å². The highest BCUT2D eigenvalue weighted by Crippen LogP contribution is 2.47. The highest BCUT2D eigenvalue weighted by Gasteiger charge is 2.41. The van der Waals surface area contributed by atoms with Crippen molar-refractivity contribution in [3.63, 3.8) is 0 Å². The predicted octanol–water partition coefficient (Wildman–Crippen LogP) is 1.24. The molecule has 0 aliphatic carbocycles. The van der Waals surface area contributed by atoms with E-state index in [4.69, 9.17) is 5.73 Å². The Kier molecular flexibility index (Phi) is 6.52. The van der Waals surface area contributed by atoms with Crippen molar-refractivity contribution < 1.29 is 23.5 Å². The van der Waals surface area contributed by atoms with Gasteiger partial charge in [-0.1, -0.05) is 12.1 Å². The second kappa shape index (κ2) is 7.53. The molecule has 4 N–H and O–H groups in total. The number of nitrogens with two attached hydrogens (primary N) is 1. The summed E-state index contributed by atoms with van der Waals surface area (Å²) in [6.45, 7) is 0.297. The zero-order valence-electron chi connectivity index (χ0n) is 11.8. The monoisotopic (exact) mass is 352 g/mol. The summed E-state index contributed by atoms with van der Waals surface area (Å²) in [6, 6.07) is 4.73. The van der Waals surface area contributed by atoms with E-state index < -0.39 is 25.3 Å². The van der Waals surface area contributed by atoms with Gasteiger partial charge in [-0.05, 0) is 37.0 Å². The maximum absolute atomic E-state index is 12.8. The first-order chi connectivity index (χ1) is 9.79. The minimum atomic E-state index is -4.35. The maximum Gasteiger partial charge on any atom is 0.347 e. The number of halogens is 2. The summed E-state index contributed by atoms with van der Waals surface area (Å²) >= 11 is 0. The van der Waals surface area contributed by atoms with Gasteiger partial charge in [0.15, 0.2) is 0 Å². The number of hydrogen-bond acceptors (Lipinski definition) is 3. The van der Waals surface area contributed by atoms with E-state index in [1.54, 1.807) is 0 Å². The van der Waals surface area contributed by atoms with E-state index in [2.05, 4.69) is 0 Å². The van der Waals surface area contributed by atoms with E-state index in [1.807, 2.05) is 0 Å². The molecule has 1 aliphatic rings. The van der Waals surface area contributed by atoms with Crippen molar-refractivity contribution in [3.05, 3.63) is 35.6 Å². The number of rotatable bonds is 4. The number of nitrogens with zero attached hydrogens (tertiary/aromatic N) is 1. The molecule has 1 aromatic carbocycles. The second-order valence-electron chi connectivity index (χ2n) is 5.18. The molecule has 1 aliphatic heterocycles. The van der Waals surface area contributed by atoms with Crippen molar-refractivity contribution in [1.29, 1.82) is 0 Å². The fraction of sp³-hybridized carbons (Fsp3) is 0.462. The Labute approximate surface area is 134 Å². The number of amides is 1. The summed E-state index contributed by atoms with van der Waals surface area (Å²) in [4.78, 5) is 32.0. The van der Waals surface area contributed by atoms with Gasteiger partial charge in [0.25, 0.3) is 0 Å². The van der Waals surface area contributed by atoms with E-state index in [9.17, 15) is 23.5 Å². The normalized spacial score (nSPS) is 19.6. The number of likely N-dealkylation sites (tertiary alicyclic amines) is 1. The van der Waals surface area contributed by atoms with Gasteiger partial charge < -0.3 is 20.4 Å². The van der Waals surface area contributed by atoms with E-state index in [-0.39, 0.29) is 31.1 Å². The molecule has 2 rings (SSSR count). The summed E-state index contributed by atoms with van der Waals surface area (Å²) in [5, 5.41) is 0. The predicted molar refractivity (Wildman–Crippen MR) is 82.1 cm³/mol. The molecule has 1 aromatic rings. The average Bonchev–Trinajstić information content (AvgIpc) is 2.89. The minimum absolute atomic E-state index is 0. The smallest absolute Gasteiger partial charge is 0.327 e. The van der Waals surface area contributed by atoms with Crippen molar-refractivity contribution in [3.8, 4) is 0 Å². The summed E-state index contributed by atoms with van der Waals surface area (Å²) in [6.07, 6.45) is 1.02. The van der Waals surface area contributed by atoms with E-state index in [0.29, 0.717) is 18.5 Å². The molecule has 124 valence electrons. The van der Waals surface area contributed by atoms with Crippen LogP contribution in [0.3, 0.4) is 0 Å². The highest BCUT2D eigenvalue weighted by atomic mass is 35.5. The zero-order chi connectivity index (χ0) is 15.6. The van der Waals surface area contributed by atoms with Crippen LogP contribution in [0.25, 0.3) is 0 Å². The van der Waals surface area contributed by atoms with Gasteiger partial charge >= 0.3 is 7.60 Å². The largest absolute Gasteiger partial charge is 0.347 e. The molecule has 1 amide bonds. The molecule has 22 heavy (non-hydrogen) atoms. The standard InChI is InChI=1S/C13H18FN2O4P.ClH/c14-10-5-3-9(4-6-10)8-11(15)13(17)16-7-1-2-12(16)21(18,19)20;/h3-6,11-12H,1-2,7-8,15H2,(H2,18,19,20);1H/t11-,12+;/m0./s1. The molecule has 0 unspecified atom stereocenters. The summed E-state index contributed by atoms with van der Waals surface area (Å²) in [5.74, 6) is -1.94. The highest BCUT2D eigenvalue weighted by molar-refractivity contribution is 7.52. The van der Waals surface area contributed by atoms with Crippen molar-refractivity contribution in [1.82, 2.24) is 4.90 Å². The van der Waals surface area contributed by atoms with Gasteiger partial charge in [-0.3, -0.25) is 9.36 Å². The van der Waals surface area contributed by atoms with Crippen LogP contribution in [0.4, 0.5) is 4.39 Å². The first-order valence-corrected chi connectivity index (χ1v) is 8.33. The van der Waals surface area contributed by atoms with E-state index >= 15 is 0 Å². The Balaban J connectivity index is 0.00000242. The molecule has 0 bridgehead atoms. The Bertz CT molecular complexity index is 566. The van der Waals surface area contributed by atoms with Crippen LogP contribution in [-0.4, -0.2) is 39.0 Å². The number of carbonyl (C=O) groups excluding carboxylic acids is 1. The topological polar surface area (TPSA) is 104 Å². The van der Waals surface area contributed by atoms with Gasteiger partial charge in [0.2, 0.25) is 5.91 Å². The summed E-state index contributed by atoms with van der Waals surface area (Å²) < 4.78 is 24.2. The van der Waals surface area contributed by atoms with Gasteiger partial charge in [-0.15, -0.1) is 12.4 Å². The van der Waals surface area contributed by atoms with Crippen LogP contribution in [0.5, 0.6) is 0 Å². The number of hydrogen-bond donors (Lipinski definition) is 3. The van der Waals surface area contributed by atoms with Gasteiger partial charge in [0, 0.05) is 6.54 Å². The second-order valence-corrected chi connectivity index (χ2v) is 6.95. The van der Waals surface area contributed by atoms with Gasteiger partial charge in [0.05, 0.1) is 6.04 Å². The lowest BCUT2D eigenvalue weighted by atomic mass is 10.1. The molecule has 0 radical (unpaired) electrons. The third-order valence-corrected chi connectivity index (χ3v) is 4.89. The molecule has 2 atom stereocenters. The molecular weight excluding hydrogens is 334 g/mol. The van der Waals surface area contributed by atoms with Crippen molar-refractivity contribution in [2.24, 2.45) is 5.73 Å². The third-order valence-electron chi connectivity index (χ3n) is 3.58. The fourth-order valence-corrected chi connectivity index (χ4v) is 3.64. The van der Waals surface area contributed by atoms with Crippen LogP contribution in [0, 0.1) is 5.82 Å².